The van der Waals surface area contributed by atoms with Gasteiger partial charge in [-0.1, -0.05) is 48.9 Å². The summed E-state index contributed by atoms with van der Waals surface area (Å²) in [5.41, 5.74) is 1.33. The first-order valence-corrected chi connectivity index (χ1v) is 11.8. The monoisotopic (exact) mass is 454 g/mol. The van der Waals surface area contributed by atoms with Crippen LogP contribution in [0.15, 0.2) is 34.2 Å². The highest BCUT2D eigenvalue weighted by Gasteiger charge is 2.22. The number of fused-ring (bicyclic) bond motifs is 1. The van der Waals surface area contributed by atoms with Gasteiger partial charge in [-0.25, -0.2) is 0 Å². The molecule has 2 heterocycles. The van der Waals surface area contributed by atoms with Crippen LogP contribution in [0.4, 0.5) is 5.82 Å². The summed E-state index contributed by atoms with van der Waals surface area (Å²) in [6.45, 7) is 4.05. The minimum atomic E-state index is -1.46. The van der Waals surface area contributed by atoms with Crippen molar-refractivity contribution < 1.29 is 9.66 Å². The normalized spacial score (nSPS) is 13.7. The Labute approximate surface area is 180 Å². The van der Waals surface area contributed by atoms with E-state index in [1.54, 1.807) is 6.07 Å². The summed E-state index contributed by atoms with van der Waals surface area (Å²) < 4.78 is 13.4. The second-order valence-corrected chi connectivity index (χ2v) is 10.0. The Morgan fingerprint density at radius 3 is 2.86 bits per heavy atom. The second kappa shape index (κ2) is 9.90. The van der Waals surface area contributed by atoms with Crippen molar-refractivity contribution in [3.05, 3.63) is 44.5 Å². The molecule has 0 saturated heterocycles. The first kappa shape index (κ1) is 22.0. The van der Waals surface area contributed by atoms with Gasteiger partial charge in [0.05, 0.1) is 12.6 Å². The average Bonchev–Trinajstić information content (AvgIpc) is 3.05. The standard InChI is InChI=1S/C19H23ClN4O3S2/c1-11(2)8-14(10-25)21-16-15-17(24-19(26)28-15)23-18(22-16)29(27)7-6-12-4-3-5-13(20)9-12/h3-5,9,11,14,25H,6-8,10H2,1-2H3,(H2,21,22,23,24,26)/t14-,29+/m1/s1. The lowest BCUT2D eigenvalue weighted by Gasteiger charge is -2.19. The number of halogens is 1. The van der Waals surface area contributed by atoms with Crippen molar-refractivity contribution in [2.24, 2.45) is 5.92 Å². The molecule has 10 heteroatoms. The van der Waals surface area contributed by atoms with Crippen LogP contribution in [0.25, 0.3) is 10.3 Å². The molecule has 0 bridgehead atoms. The number of anilines is 1. The number of hydrogen-bond acceptors (Lipinski definition) is 7. The Kier molecular flexibility index (Phi) is 7.53. The van der Waals surface area contributed by atoms with E-state index in [1.165, 1.54) is 0 Å². The number of rotatable bonds is 9. The predicted molar refractivity (Wildman–Crippen MR) is 118 cm³/mol. The van der Waals surface area contributed by atoms with Crippen LogP contribution < -0.4 is 10.2 Å². The maximum Gasteiger partial charge on any atom is 0.346 e. The van der Waals surface area contributed by atoms with Crippen molar-refractivity contribution in [1.29, 1.82) is 0 Å². The van der Waals surface area contributed by atoms with Gasteiger partial charge in [0, 0.05) is 22.6 Å². The van der Waals surface area contributed by atoms with E-state index in [1.807, 2.05) is 18.2 Å². The molecule has 0 amide bonds. The van der Waals surface area contributed by atoms with Gasteiger partial charge in [0.1, 0.15) is 10.5 Å². The SMILES string of the molecule is CC(C)C[C@H](CO)Nc1nc([S@@+]([O-])CCc2cccc(Cl)c2)nc2[nH]c(=O)sc12. The maximum absolute atomic E-state index is 12.8. The van der Waals surface area contributed by atoms with E-state index in [2.05, 4.69) is 34.1 Å². The second-order valence-electron chi connectivity index (χ2n) is 7.13. The fourth-order valence-corrected chi connectivity index (χ4v) is 4.89. The molecule has 29 heavy (non-hydrogen) atoms. The lowest BCUT2D eigenvalue weighted by atomic mass is 10.0. The number of hydrogen-bond donors (Lipinski definition) is 3. The highest BCUT2D eigenvalue weighted by atomic mass is 35.5. The Bertz CT molecular complexity index is 1020. The van der Waals surface area contributed by atoms with E-state index >= 15 is 0 Å². The molecule has 0 unspecified atom stereocenters. The van der Waals surface area contributed by atoms with Gasteiger partial charge in [0.25, 0.3) is 0 Å². The van der Waals surface area contributed by atoms with Crippen molar-refractivity contribution in [2.75, 3.05) is 17.7 Å². The molecular formula is C19H23ClN4O3S2. The largest absolute Gasteiger partial charge is 0.609 e. The molecule has 0 saturated carbocycles. The van der Waals surface area contributed by atoms with E-state index in [0.717, 1.165) is 23.3 Å². The lowest BCUT2D eigenvalue weighted by Crippen LogP contribution is -2.26. The number of benzene rings is 1. The smallest absolute Gasteiger partial charge is 0.346 e. The molecule has 3 rings (SSSR count). The number of aliphatic hydroxyl groups is 1. The van der Waals surface area contributed by atoms with Gasteiger partial charge in [-0.15, -0.1) is 0 Å². The fraction of sp³-hybridized carbons (Fsp3) is 0.421. The number of aryl methyl sites for hydroxylation is 1. The minimum absolute atomic E-state index is 0.0732. The van der Waals surface area contributed by atoms with Crippen molar-refractivity contribution in [3.8, 4) is 0 Å². The maximum atomic E-state index is 12.8. The van der Waals surface area contributed by atoms with Crippen LogP contribution in [-0.2, 0) is 17.6 Å². The molecule has 2 aromatic heterocycles. The van der Waals surface area contributed by atoms with Crippen molar-refractivity contribution in [3.63, 3.8) is 0 Å². The third-order valence-corrected chi connectivity index (χ3v) is 6.52. The zero-order valence-corrected chi connectivity index (χ0v) is 18.5. The molecule has 0 radical (unpaired) electrons. The highest BCUT2D eigenvalue weighted by molar-refractivity contribution is 7.91. The molecule has 0 aliphatic carbocycles. The molecule has 3 aromatic rings. The number of nitrogens with one attached hydrogen (secondary N) is 2. The first-order valence-electron chi connectivity index (χ1n) is 9.26. The van der Waals surface area contributed by atoms with Gasteiger partial charge in [-0.2, -0.15) is 9.97 Å². The van der Waals surface area contributed by atoms with Crippen molar-refractivity contribution in [2.45, 2.75) is 37.9 Å². The topological polar surface area (TPSA) is 114 Å². The minimum Gasteiger partial charge on any atom is -0.609 e. The Hall–Kier alpha value is -1.65. The summed E-state index contributed by atoms with van der Waals surface area (Å²) in [6, 6.07) is 7.18. The number of H-pyrrole nitrogens is 1. The Morgan fingerprint density at radius 2 is 2.17 bits per heavy atom. The van der Waals surface area contributed by atoms with E-state index in [9.17, 15) is 14.5 Å². The first-order chi connectivity index (χ1) is 13.9. The summed E-state index contributed by atoms with van der Waals surface area (Å²) >= 11 is 5.53. The van der Waals surface area contributed by atoms with Gasteiger partial charge in [-0.3, -0.25) is 9.78 Å². The third-order valence-electron chi connectivity index (χ3n) is 4.25. The van der Waals surface area contributed by atoms with Crippen LogP contribution in [0.5, 0.6) is 0 Å². The van der Waals surface area contributed by atoms with Gasteiger partial charge in [0.2, 0.25) is 0 Å². The summed E-state index contributed by atoms with van der Waals surface area (Å²) in [5, 5.41) is 13.7. The number of thiazole rings is 1. The van der Waals surface area contributed by atoms with Crippen LogP contribution in [0.1, 0.15) is 25.8 Å². The van der Waals surface area contributed by atoms with E-state index in [-0.39, 0.29) is 22.7 Å². The summed E-state index contributed by atoms with van der Waals surface area (Å²) in [6.07, 6.45) is 1.29. The van der Waals surface area contributed by atoms with Crippen molar-refractivity contribution >= 4 is 50.3 Å². The van der Waals surface area contributed by atoms with E-state index < -0.39 is 11.2 Å². The number of aromatic nitrogens is 3. The molecule has 156 valence electrons. The van der Waals surface area contributed by atoms with E-state index in [0.29, 0.717) is 39.3 Å². The summed E-state index contributed by atoms with van der Waals surface area (Å²) in [7, 11) is 0. The molecule has 1 aromatic carbocycles. The molecule has 7 nitrogen and oxygen atoms in total. The van der Waals surface area contributed by atoms with Gasteiger partial charge < -0.3 is 15.0 Å². The van der Waals surface area contributed by atoms with Crippen molar-refractivity contribution in [1.82, 2.24) is 15.0 Å². The molecule has 2 atom stereocenters. The van der Waals surface area contributed by atoms with Gasteiger partial charge in [-0.05, 0) is 30.0 Å². The third kappa shape index (κ3) is 5.93. The summed E-state index contributed by atoms with van der Waals surface area (Å²) in [4.78, 5) is 23.0. The molecule has 0 aliphatic heterocycles. The molecule has 0 fully saturated rings. The van der Waals surface area contributed by atoms with E-state index in [4.69, 9.17) is 11.6 Å². The lowest BCUT2D eigenvalue weighted by molar-refractivity contribution is 0.259. The quantitative estimate of drug-likeness (QED) is 0.338. The average molecular weight is 455 g/mol. The van der Waals surface area contributed by atoms with Gasteiger partial charge >= 0.3 is 10.0 Å². The number of aliphatic hydroxyl groups excluding tert-OH is 1. The highest BCUT2D eigenvalue weighted by Crippen LogP contribution is 2.25. The van der Waals surface area contributed by atoms with Crippen LogP contribution in [0.3, 0.4) is 0 Å². The summed E-state index contributed by atoms with van der Waals surface area (Å²) in [5.74, 6) is 1.12. The number of aromatic amines is 1. The Morgan fingerprint density at radius 1 is 1.38 bits per heavy atom. The predicted octanol–water partition coefficient (Wildman–Crippen LogP) is 3.20. The van der Waals surface area contributed by atoms with Gasteiger partial charge in [0.15, 0.2) is 11.5 Å². The fourth-order valence-electron chi connectivity index (χ4n) is 2.96. The van der Waals surface area contributed by atoms with Crippen LogP contribution in [-0.4, -0.2) is 43.0 Å². The van der Waals surface area contributed by atoms with Crippen LogP contribution in [0.2, 0.25) is 5.02 Å². The Balaban J connectivity index is 1.84. The number of nitrogens with zero attached hydrogens (tertiary/aromatic N) is 2. The van der Waals surface area contributed by atoms with Crippen LogP contribution in [0, 0.1) is 5.92 Å². The zero-order valence-electron chi connectivity index (χ0n) is 16.1. The van der Waals surface area contributed by atoms with Crippen LogP contribution >= 0.6 is 22.9 Å². The molecule has 3 N–H and O–H groups in total. The molecular weight excluding hydrogens is 432 g/mol. The zero-order chi connectivity index (χ0) is 21.0. The molecule has 0 aliphatic rings. The molecule has 0 spiro atoms.